The quantitative estimate of drug-likeness (QED) is 0.364. The van der Waals surface area contributed by atoms with Gasteiger partial charge in [0, 0.05) is 69.1 Å². The lowest BCUT2D eigenvalue weighted by Gasteiger charge is -2.28. The van der Waals surface area contributed by atoms with Crippen LogP contribution in [0.1, 0.15) is 28.1 Å². The molecule has 2 aromatic carbocycles. The number of nitrogens with one attached hydrogen (secondary N) is 2. The van der Waals surface area contributed by atoms with Crippen LogP contribution in [0.25, 0.3) is 0 Å². The number of thiophene rings is 1. The largest absolute Gasteiger partial charge is 0.497 e. The van der Waals surface area contributed by atoms with Crippen molar-refractivity contribution in [2.75, 3.05) is 57.0 Å². The van der Waals surface area contributed by atoms with Gasteiger partial charge in [0.15, 0.2) is 0 Å². The fourth-order valence-corrected chi connectivity index (χ4v) is 5.11. The van der Waals surface area contributed by atoms with Crippen molar-refractivity contribution >= 4 is 40.3 Å². The van der Waals surface area contributed by atoms with Gasteiger partial charge < -0.3 is 34.6 Å². The predicted octanol–water partition coefficient (Wildman–Crippen LogP) is 5.30. The molecule has 9 nitrogen and oxygen atoms in total. The van der Waals surface area contributed by atoms with Gasteiger partial charge in [-0.15, -0.1) is 11.3 Å². The SMILES string of the molecule is COc1cc(NC(=O)Nc2ccc(N(C)C)c(CN(C[C@H]3CCCO3)C(=O)c3cccs3)c2)cc(OC)c1. The standard InChI is InChI=1S/C28H34N4O5S/c1-31(2)25-10-9-20(29-28(34)30-21-14-23(35-3)16-24(15-21)36-4)13-19(25)17-32(18-22-7-5-11-37-22)27(33)26-8-6-12-38-26/h6,8-10,12-16,22H,5,7,11,17-18H2,1-4H3,(H2,29,30,34)/t22-/m1/s1. The number of benzene rings is 2. The van der Waals surface area contributed by atoms with E-state index in [0.29, 0.717) is 40.8 Å². The van der Waals surface area contributed by atoms with Crippen LogP contribution in [0.15, 0.2) is 53.9 Å². The number of nitrogens with zero attached hydrogens (tertiary/aromatic N) is 2. The summed E-state index contributed by atoms with van der Waals surface area (Å²) in [6, 6.07) is 14.2. The molecule has 10 heteroatoms. The van der Waals surface area contributed by atoms with E-state index in [9.17, 15) is 9.59 Å². The predicted molar refractivity (Wildman–Crippen MR) is 151 cm³/mol. The van der Waals surface area contributed by atoms with E-state index in [4.69, 9.17) is 14.2 Å². The molecule has 1 aromatic heterocycles. The van der Waals surface area contributed by atoms with Crippen LogP contribution in [0.2, 0.25) is 0 Å². The highest BCUT2D eigenvalue weighted by Crippen LogP contribution is 2.28. The van der Waals surface area contributed by atoms with Crippen LogP contribution >= 0.6 is 11.3 Å². The third kappa shape index (κ3) is 6.96. The lowest BCUT2D eigenvalue weighted by atomic mass is 10.1. The summed E-state index contributed by atoms with van der Waals surface area (Å²) in [5.41, 5.74) is 3.02. The van der Waals surface area contributed by atoms with Gasteiger partial charge in [-0.05, 0) is 48.1 Å². The van der Waals surface area contributed by atoms with E-state index < -0.39 is 6.03 Å². The molecule has 202 valence electrons. The van der Waals surface area contributed by atoms with Gasteiger partial charge in [0.05, 0.1) is 25.2 Å². The minimum atomic E-state index is -0.408. The smallest absolute Gasteiger partial charge is 0.323 e. The number of methoxy groups -OCH3 is 2. The van der Waals surface area contributed by atoms with Crippen LogP contribution in [0.4, 0.5) is 21.9 Å². The van der Waals surface area contributed by atoms with Crippen LogP contribution in [-0.2, 0) is 11.3 Å². The van der Waals surface area contributed by atoms with Gasteiger partial charge in [-0.2, -0.15) is 0 Å². The lowest BCUT2D eigenvalue weighted by Crippen LogP contribution is -2.37. The molecule has 1 atom stereocenters. The van der Waals surface area contributed by atoms with E-state index in [0.717, 1.165) is 30.7 Å². The van der Waals surface area contributed by atoms with E-state index in [2.05, 4.69) is 10.6 Å². The number of amides is 3. The van der Waals surface area contributed by atoms with Gasteiger partial charge in [-0.25, -0.2) is 4.79 Å². The number of ether oxygens (including phenoxy) is 3. The number of carbonyl (C=O) groups excluding carboxylic acids is 2. The number of rotatable bonds is 10. The van der Waals surface area contributed by atoms with Gasteiger partial charge in [-0.3, -0.25) is 4.79 Å². The molecular formula is C28H34N4O5S. The number of hydrogen-bond acceptors (Lipinski definition) is 7. The summed E-state index contributed by atoms with van der Waals surface area (Å²) in [6.07, 6.45) is 1.96. The fraction of sp³-hybridized carbons (Fsp3) is 0.357. The Morgan fingerprint density at radius 3 is 2.37 bits per heavy atom. The van der Waals surface area contributed by atoms with Crippen LogP contribution in [0.5, 0.6) is 11.5 Å². The van der Waals surface area contributed by atoms with E-state index in [1.807, 2.05) is 59.6 Å². The van der Waals surface area contributed by atoms with Crippen molar-refractivity contribution in [1.29, 1.82) is 0 Å². The van der Waals surface area contributed by atoms with Crippen molar-refractivity contribution in [2.24, 2.45) is 0 Å². The molecule has 2 N–H and O–H groups in total. The summed E-state index contributed by atoms with van der Waals surface area (Å²) < 4.78 is 16.4. The summed E-state index contributed by atoms with van der Waals surface area (Å²) in [4.78, 5) is 30.8. The first-order valence-electron chi connectivity index (χ1n) is 12.4. The van der Waals surface area contributed by atoms with E-state index in [1.54, 1.807) is 32.4 Å². The Labute approximate surface area is 227 Å². The molecule has 0 spiro atoms. The molecule has 2 heterocycles. The summed E-state index contributed by atoms with van der Waals surface area (Å²) in [7, 11) is 7.02. The van der Waals surface area contributed by atoms with E-state index >= 15 is 0 Å². The molecular weight excluding hydrogens is 504 g/mol. The highest BCUT2D eigenvalue weighted by Gasteiger charge is 2.25. The number of carbonyl (C=O) groups is 2. The highest BCUT2D eigenvalue weighted by molar-refractivity contribution is 7.12. The Balaban J connectivity index is 1.54. The zero-order valence-corrected chi connectivity index (χ0v) is 23.0. The van der Waals surface area contributed by atoms with Crippen molar-refractivity contribution in [3.05, 3.63) is 64.4 Å². The number of hydrogen-bond donors (Lipinski definition) is 2. The maximum atomic E-state index is 13.4. The van der Waals surface area contributed by atoms with Crippen molar-refractivity contribution in [3.8, 4) is 11.5 Å². The molecule has 4 rings (SSSR count). The molecule has 1 fully saturated rings. The zero-order chi connectivity index (χ0) is 27.1. The Kier molecular flexibility index (Phi) is 9.09. The summed E-state index contributed by atoms with van der Waals surface area (Å²) in [6.45, 7) is 1.62. The van der Waals surface area contributed by atoms with Crippen molar-refractivity contribution in [1.82, 2.24) is 4.90 Å². The number of anilines is 3. The molecule has 0 radical (unpaired) electrons. The topological polar surface area (TPSA) is 92.4 Å². The molecule has 38 heavy (non-hydrogen) atoms. The first-order chi connectivity index (χ1) is 18.4. The molecule has 1 aliphatic rings. The number of urea groups is 1. The normalized spacial score (nSPS) is 14.6. The average Bonchev–Trinajstić information content (AvgIpc) is 3.62. The minimum absolute atomic E-state index is 0.0219. The highest BCUT2D eigenvalue weighted by atomic mass is 32.1. The van der Waals surface area contributed by atoms with E-state index in [1.165, 1.54) is 11.3 Å². The fourth-order valence-electron chi connectivity index (χ4n) is 4.41. The maximum Gasteiger partial charge on any atom is 0.323 e. The molecule has 3 aromatic rings. The van der Waals surface area contributed by atoms with Crippen molar-refractivity contribution in [2.45, 2.75) is 25.5 Å². The van der Waals surface area contributed by atoms with Gasteiger partial charge in [0.25, 0.3) is 5.91 Å². The minimum Gasteiger partial charge on any atom is -0.497 e. The Hall–Kier alpha value is -3.76. The molecule has 1 aliphatic heterocycles. The van der Waals surface area contributed by atoms with Crippen LogP contribution in [0, 0.1) is 0 Å². The Morgan fingerprint density at radius 1 is 1.03 bits per heavy atom. The molecule has 0 saturated carbocycles. The van der Waals surface area contributed by atoms with Crippen molar-refractivity contribution < 1.29 is 23.8 Å². The molecule has 0 bridgehead atoms. The molecule has 1 saturated heterocycles. The molecule has 3 amide bonds. The van der Waals surface area contributed by atoms with Crippen molar-refractivity contribution in [3.63, 3.8) is 0 Å². The van der Waals surface area contributed by atoms with Crippen LogP contribution < -0.4 is 25.0 Å². The maximum absolute atomic E-state index is 13.4. The second kappa shape index (κ2) is 12.7. The summed E-state index contributed by atoms with van der Waals surface area (Å²) >= 11 is 1.43. The van der Waals surface area contributed by atoms with Crippen LogP contribution in [-0.4, -0.2) is 64.4 Å². The van der Waals surface area contributed by atoms with Gasteiger partial charge in [-0.1, -0.05) is 6.07 Å². The van der Waals surface area contributed by atoms with Gasteiger partial charge >= 0.3 is 6.03 Å². The first-order valence-corrected chi connectivity index (χ1v) is 13.3. The molecule has 0 aliphatic carbocycles. The zero-order valence-electron chi connectivity index (χ0n) is 22.2. The van der Waals surface area contributed by atoms with E-state index in [-0.39, 0.29) is 12.0 Å². The summed E-state index contributed by atoms with van der Waals surface area (Å²) in [5.74, 6) is 1.11. The summed E-state index contributed by atoms with van der Waals surface area (Å²) in [5, 5.41) is 7.63. The molecule has 0 unspecified atom stereocenters. The average molecular weight is 539 g/mol. The van der Waals surface area contributed by atoms with Gasteiger partial charge in [0.2, 0.25) is 0 Å². The van der Waals surface area contributed by atoms with Gasteiger partial charge in [0.1, 0.15) is 11.5 Å². The van der Waals surface area contributed by atoms with Crippen LogP contribution in [0.3, 0.4) is 0 Å². The third-order valence-corrected chi connectivity index (χ3v) is 7.11. The third-order valence-electron chi connectivity index (χ3n) is 6.26. The first kappa shape index (κ1) is 27.3. The Bertz CT molecular complexity index is 1220. The lowest BCUT2D eigenvalue weighted by molar-refractivity contribution is 0.0511. The Morgan fingerprint density at radius 2 is 1.76 bits per heavy atom. The second-order valence-electron chi connectivity index (χ2n) is 9.22. The monoisotopic (exact) mass is 538 g/mol. The second-order valence-corrected chi connectivity index (χ2v) is 10.2.